The number of tetrazole rings is 1. The second-order valence-corrected chi connectivity index (χ2v) is 3.78. The monoisotopic (exact) mass is 241 g/mol. The van der Waals surface area contributed by atoms with Crippen molar-refractivity contribution in [2.24, 2.45) is 0 Å². The highest BCUT2D eigenvalue weighted by Gasteiger charge is 2.10. The van der Waals surface area contributed by atoms with E-state index < -0.39 is 5.97 Å². The molecular weight excluding hydrogens is 234 g/mol. The Morgan fingerprint density at radius 1 is 1.62 bits per heavy atom. The van der Waals surface area contributed by atoms with Crippen LogP contribution >= 0.6 is 11.8 Å². The molecule has 2 aromatic rings. The molecule has 0 aliphatic carbocycles. The number of carbonyl (C=O) groups is 1. The fraction of sp³-hybridized carbons (Fsp3) is 0.286. The Labute approximate surface area is 93.6 Å². The minimum absolute atomic E-state index is 0.251. The summed E-state index contributed by atoms with van der Waals surface area (Å²) in [4.78, 5) is 10.5. The van der Waals surface area contributed by atoms with Gasteiger partial charge in [0.15, 0.2) is 0 Å². The molecule has 0 aliphatic heterocycles. The first-order valence-corrected chi connectivity index (χ1v) is 5.23. The van der Waals surface area contributed by atoms with Crippen molar-refractivity contribution < 1.29 is 14.4 Å². The molecule has 0 atom stereocenters. The van der Waals surface area contributed by atoms with Crippen LogP contribution in [-0.2, 0) is 17.1 Å². The Morgan fingerprint density at radius 3 is 3.19 bits per heavy atom. The van der Waals surface area contributed by atoms with E-state index in [0.29, 0.717) is 10.9 Å². The number of hydrogen-bond donors (Lipinski definition) is 1. The third-order valence-electron chi connectivity index (χ3n) is 1.64. The summed E-state index contributed by atoms with van der Waals surface area (Å²) in [6.07, 6.45) is 3.09. The predicted octanol–water partition coefficient (Wildman–Crippen LogP) is 0.0380. The van der Waals surface area contributed by atoms with Crippen molar-refractivity contribution in [1.29, 1.82) is 0 Å². The van der Waals surface area contributed by atoms with Gasteiger partial charge in [-0.05, 0) is 10.4 Å². The Hall–Kier alpha value is -1.90. The summed E-state index contributed by atoms with van der Waals surface area (Å²) in [5.74, 6) is -0.414. The van der Waals surface area contributed by atoms with Crippen LogP contribution in [-0.4, -0.2) is 36.4 Å². The largest absolute Gasteiger partial charge is 0.480 e. The molecule has 84 valence electrons. The summed E-state index contributed by atoms with van der Waals surface area (Å²) in [5, 5.41) is 23.3. The van der Waals surface area contributed by atoms with Gasteiger partial charge in [-0.2, -0.15) is 0 Å². The maximum Gasteiger partial charge on any atom is 0.325 e. The standard InChI is InChI=1S/C7H7N5O3S/c13-6(14)2-12-7(9-10-11-12)16-4-5-1-8-15-3-5/h1,3H,2,4H2,(H,13,14). The van der Waals surface area contributed by atoms with E-state index in [1.807, 2.05) is 0 Å². The van der Waals surface area contributed by atoms with Crippen LogP contribution in [0.15, 0.2) is 22.1 Å². The highest BCUT2D eigenvalue weighted by atomic mass is 32.2. The van der Waals surface area contributed by atoms with Crippen LogP contribution in [0.5, 0.6) is 0 Å². The molecule has 9 heteroatoms. The molecule has 16 heavy (non-hydrogen) atoms. The zero-order valence-corrected chi connectivity index (χ0v) is 8.79. The van der Waals surface area contributed by atoms with Crippen LogP contribution in [0.4, 0.5) is 0 Å². The summed E-state index contributed by atoms with van der Waals surface area (Å²) >= 11 is 1.32. The van der Waals surface area contributed by atoms with Crippen molar-refractivity contribution in [1.82, 2.24) is 25.4 Å². The SMILES string of the molecule is O=C(O)Cn1nnnc1SCc1cnoc1. The smallest absolute Gasteiger partial charge is 0.325 e. The number of hydrogen-bond acceptors (Lipinski definition) is 7. The number of carboxylic acids is 1. The molecule has 1 N–H and O–H groups in total. The molecule has 0 unspecified atom stereocenters. The lowest BCUT2D eigenvalue weighted by Gasteiger charge is -1.99. The van der Waals surface area contributed by atoms with Crippen molar-refractivity contribution >= 4 is 17.7 Å². The highest BCUT2D eigenvalue weighted by molar-refractivity contribution is 7.98. The first-order valence-electron chi connectivity index (χ1n) is 4.24. The summed E-state index contributed by atoms with van der Waals surface area (Å²) < 4.78 is 5.89. The molecule has 2 heterocycles. The van der Waals surface area contributed by atoms with Crippen LogP contribution in [0.2, 0.25) is 0 Å². The van der Waals surface area contributed by atoms with E-state index in [2.05, 4.69) is 25.2 Å². The van der Waals surface area contributed by atoms with Crippen molar-refractivity contribution in [3.05, 3.63) is 18.0 Å². The summed E-state index contributed by atoms with van der Waals surface area (Å²) in [6.45, 7) is -0.251. The molecular formula is C7H7N5O3S. The van der Waals surface area contributed by atoms with Crippen LogP contribution < -0.4 is 0 Å². The van der Waals surface area contributed by atoms with Gasteiger partial charge in [-0.25, -0.2) is 4.68 Å². The third kappa shape index (κ3) is 2.57. The van der Waals surface area contributed by atoms with E-state index in [4.69, 9.17) is 5.11 Å². The van der Waals surface area contributed by atoms with E-state index in [1.54, 1.807) is 6.20 Å². The quantitative estimate of drug-likeness (QED) is 0.731. The molecule has 0 aromatic carbocycles. The van der Waals surface area contributed by atoms with E-state index in [9.17, 15) is 4.79 Å². The van der Waals surface area contributed by atoms with Gasteiger partial charge in [0, 0.05) is 11.3 Å². The minimum Gasteiger partial charge on any atom is -0.480 e. The van der Waals surface area contributed by atoms with Gasteiger partial charge in [-0.3, -0.25) is 4.79 Å². The minimum atomic E-state index is -0.987. The average Bonchev–Trinajstić information content (AvgIpc) is 2.84. The molecule has 8 nitrogen and oxygen atoms in total. The van der Waals surface area contributed by atoms with Crippen LogP contribution in [0, 0.1) is 0 Å². The van der Waals surface area contributed by atoms with Crippen LogP contribution in [0.25, 0.3) is 0 Å². The zero-order chi connectivity index (χ0) is 11.4. The topological polar surface area (TPSA) is 107 Å². The van der Waals surface area contributed by atoms with Gasteiger partial charge in [0.05, 0.1) is 6.20 Å². The Balaban J connectivity index is 1.99. The van der Waals surface area contributed by atoms with Crippen molar-refractivity contribution in [2.45, 2.75) is 17.5 Å². The number of aromatic nitrogens is 5. The Kier molecular flexibility index (Phi) is 3.15. The molecule has 0 bridgehead atoms. The van der Waals surface area contributed by atoms with Crippen molar-refractivity contribution in [3.8, 4) is 0 Å². The molecule has 0 amide bonds. The normalized spacial score (nSPS) is 10.5. The van der Waals surface area contributed by atoms with Crippen LogP contribution in [0.3, 0.4) is 0 Å². The first kappa shape index (κ1) is 10.6. The number of nitrogens with zero attached hydrogens (tertiary/aromatic N) is 5. The molecule has 0 aliphatic rings. The van der Waals surface area contributed by atoms with Gasteiger partial charge < -0.3 is 9.63 Å². The zero-order valence-electron chi connectivity index (χ0n) is 7.98. The molecule has 0 spiro atoms. The third-order valence-corrected chi connectivity index (χ3v) is 2.66. The second-order valence-electron chi connectivity index (χ2n) is 2.83. The average molecular weight is 241 g/mol. The van der Waals surface area contributed by atoms with E-state index >= 15 is 0 Å². The van der Waals surface area contributed by atoms with E-state index in [-0.39, 0.29) is 6.54 Å². The molecule has 2 rings (SSSR count). The number of carboxylic acid groups (broad SMARTS) is 1. The van der Waals surface area contributed by atoms with Gasteiger partial charge in [-0.15, -0.1) is 5.10 Å². The van der Waals surface area contributed by atoms with Crippen molar-refractivity contribution in [3.63, 3.8) is 0 Å². The maximum atomic E-state index is 10.5. The molecule has 2 aromatic heterocycles. The van der Waals surface area contributed by atoms with Gasteiger partial charge in [0.25, 0.3) is 0 Å². The number of rotatable bonds is 5. The fourth-order valence-electron chi connectivity index (χ4n) is 0.973. The van der Waals surface area contributed by atoms with E-state index in [0.717, 1.165) is 5.56 Å². The van der Waals surface area contributed by atoms with Gasteiger partial charge in [0.2, 0.25) is 5.16 Å². The fourth-order valence-corrected chi connectivity index (χ4v) is 1.76. The lowest BCUT2D eigenvalue weighted by atomic mass is 10.4. The highest BCUT2D eigenvalue weighted by Crippen LogP contribution is 2.19. The van der Waals surface area contributed by atoms with Crippen LogP contribution in [0.1, 0.15) is 5.56 Å². The van der Waals surface area contributed by atoms with Gasteiger partial charge >= 0.3 is 5.97 Å². The lowest BCUT2D eigenvalue weighted by Crippen LogP contribution is -2.11. The molecule has 0 fully saturated rings. The van der Waals surface area contributed by atoms with Gasteiger partial charge in [0.1, 0.15) is 12.8 Å². The molecule has 0 radical (unpaired) electrons. The summed E-state index contributed by atoms with van der Waals surface area (Å²) in [7, 11) is 0. The molecule has 0 saturated carbocycles. The van der Waals surface area contributed by atoms with Crippen molar-refractivity contribution in [2.75, 3.05) is 0 Å². The Morgan fingerprint density at radius 2 is 2.50 bits per heavy atom. The summed E-state index contributed by atoms with van der Waals surface area (Å²) in [6, 6.07) is 0. The first-order chi connectivity index (χ1) is 7.75. The maximum absolute atomic E-state index is 10.5. The second kappa shape index (κ2) is 4.75. The number of aliphatic carboxylic acids is 1. The summed E-state index contributed by atoms with van der Waals surface area (Å²) in [5.41, 5.74) is 0.884. The van der Waals surface area contributed by atoms with E-state index in [1.165, 1.54) is 22.7 Å². The van der Waals surface area contributed by atoms with Gasteiger partial charge in [-0.1, -0.05) is 16.9 Å². The Bertz CT molecular complexity index is 468. The predicted molar refractivity (Wildman–Crippen MR) is 51.5 cm³/mol. The molecule has 0 saturated heterocycles. The number of thioether (sulfide) groups is 1. The lowest BCUT2D eigenvalue weighted by molar-refractivity contribution is -0.138.